The zero-order chi connectivity index (χ0) is 52.1. The number of amides is 2. The average molecular weight is 994 g/mol. The summed E-state index contributed by atoms with van der Waals surface area (Å²) >= 11 is 0. The molecule has 0 aliphatic carbocycles. The minimum atomic E-state index is -2.27. The number of nitrogens with one attached hydrogen (secondary N) is 4. The first-order valence-electron chi connectivity index (χ1n) is 23.8. The van der Waals surface area contributed by atoms with Crippen LogP contribution in [0.5, 0.6) is 0 Å². The number of esters is 1. The minimum Gasteiger partial charge on any atom is -0.462 e. The van der Waals surface area contributed by atoms with Gasteiger partial charge in [-0.25, -0.2) is 4.79 Å². The van der Waals surface area contributed by atoms with E-state index in [1.54, 1.807) is 74.6 Å². The van der Waals surface area contributed by atoms with E-state index in [1.807, 2.05) is 31.2 Å². The Morgan fingerprint density at radius 3 is 1.86 bits per heavy atom. The summed E-state index contributed by atoms with van der Waals surface area (Å²) in [4.78, 5) is 25.3. The molecule has 3 heterocycles. The lowest BCUT2D eigenvalue weighted by Gasteiger charge is -2.46. The van der Waals surface area contributed by atoms with Crippen molar-refractivity contribution in [2.24, 2.45) is 17.6 Å². The highest BCUT2D eigenvalue weighted by Gasteiger charge is 2.49. The molecule has 2 amide bonds. The van der Waals surface area contributed by atoms with Crippen molar-refractivity contribution in [1.82, 2.24) is 16.0 Å². The van der Waals surface area contributed by atoms with Crippen molar-refractivity contribution in [3.63, 3.8) is 0 Å². The number of ether oxygens (including phenoxy) is 4. The van der Waals surface area contributed by atoms with Gasteiger partial charge in [0.05, 0.1) is 79.5 Å². The topological polar surface area (TPSA) is 359 Å². The predicted octanol–water partition coefficient (Wildman–Crippen LogP) is -0.167. The first kappa shape index (κ1) is 60.0. The molecule has 0 saturated carbocycles. The summed E-state index contributed by atoms with van der Waals surface area (Å²) in [5.74, 6) is -4.26. The van der Waals surface area contributed by atoms with Gasteiger partial charge in [-0.2, -0.15) is 0 Å². The van der Waals surface area contributed by atoms with Crippen molar-refractivity contribution in [3.8, 4) is 0 Å². The molecule has 21 heteroatoms. The van der Waals surface area contributed by atoms with Gasteiger partial charge in [0.1, 0.15) is 18.3 Å². The Morgan fingerprint density at radius 2 is 1.27 bits per heavy atom. The Morgan fingerprint density at radius 1 is 0.686 bits per heavy atom. The molecule has 3 aliphatic heterocycles. The summed E-state index contributed by atoms with van der Waals surface area (Å²) in [7, 11) is 1.36. The molecular weight excluding hydrogens is 915 g/mol. The van der Waals surface area contributed by atoms with Gasteiger partial charge in [-0.1, -0.05) is 98.9 Å². The van der Waals surface area contributed by atoms with Crippen LogP contribution in [0, 0.1) is 17.2 Å². The lowest BCUT2D eigenvalue weighted by Crippen LogP contribution is -2.65. The molecule has 21 nitrogen and oxygen atoms in total. The third-order valence-electron chi connectivity index (χ3n) is 12.5. The number of guanidine groups is 1. The number of allylic oxidation sites excluding steroid dienone is 12. The molecule has 0 aromatic carbocycles. The molecule has 0 spiro atoms. The molecule has 0 aromatic rings. The molecule has 11 unspecified atom stereocenters. The number of carbonyl (C=O) groups excluding carboxylic acids is 2. The number of aliphatic hydroxyl groups is 10. The quantitative estimate of drug-likeness (QED) is 0.0988. The van der Waals surface area contributed by atoms with E-state index < -0.39 is 153 Å². The molecule has 19 atom stereocenters. The van der Waals surface area contributed by atoms with Crippen LogP contribution in [-0.2, 0) is 23.7 Å². The molecular formula is C49H79N5O16. The van der Waals surface area contributed by atoms with Gasteiger partial charge in [-0.15, -0.1) is 0 Å². The van der Waals surface area contributed by atoms with Crippen molar-refractivity contribution < 1.29 is 79.6 Å². The maximum atomic E-state index is 12.7. The van der Waals surface area contributed by atoms with E-state index in [-0.39, 0.29) is 31.6 Å². The first-order chi connectivity index (χ1) is 33.0. The number of fused-ring (bicyclic) bond motifs is 2. The highest BCUT2D eigenvalue weighted by molar-refractivity contribution is 5.75. The maximum absolute atomic E-state index is 12.7. The zero-order valence-corrected chi connectivity index (χ0v) is 40.6. The van der Waals surface area contributed by atoms with Gasteiger partial charge in [0.25, 0.3) is 0 Å². The van der Waals surface area contributed by atoms with Crippen LogP contribution in [0.25, 0.3) is 0 Å². The number of nitrogens with two attached hydrogens (primary N) is 1. The van der Waals surface area contributed by atoms with E-state index in [0.29, 0.717) is 0 Å². The van der Waals surface area contributed by atoms with E-state index in [1.165, 1.54) is 14.0 Å². The molecule has 396 valence electrons. The van der Waals surface area contributed by atoms with Gasteiger partial charge in [0, 0.05) is 44.6 Å². The highest BCUT2D eigenvalue weighted by Crippen LogP contribution is 2.35. The molecule has 3 rings (SSSR count). The lowest BCUT2D eigenvalue weighted by atomic mass is 9.87. The summed E-state index contributed by atoms with van der Waals surface area (Å²) < 4.78 is 23.7. The van der Waals surface area contributed by atoms with Gasteiger partial charge in [0.2, 0.25) is 0 Å². The van der Waals surface area contributed by atoms with Crippen LogP contribution in [0.15, 0.2) is 85.1 Å². The number of hydrogen-bond acceptors (Lipinski definition) is 17. The van der Waals surface area contributed by atoms with Crippen molar-refractivity contribution >= 4 is 18.0 Å². The van der Waals surface area contributed by atoms with E-state index in [2.05, 4.69) is 16.0 Å². The summed E-state index contributed by atoms with van der Waals surface area (Å²) in [6, 6.07) is -3.04. The number of cyclic esters (lactones) is 1. The molecule has 2 bridgehead atoms. The molecule has 16 N–H and O–H groups in total. The van der Waals surface area contributed by atoms with E-state index in [9.17, 15) is 60.7 Å². The number of carbonyl (C=O) groups is 2. The van der Waals surface area contributed by atoms with Gasteiger partial charge in [-0.3, -0.25) is 10.2 Å². The van der Waals surface area contributed by atoms with Gasteiger partial charge >= 0.3 is 12.0 Å². The summed E-state index contributed by atoms with van der Waals surface area (Å²) in [5, 5.41) is 125. The van der Waals surface area contributed by atoms with Crippen LogP contribution < -0.4 is 21.7 Å². The van der Waals surface area contributed by atoms with E-state index >= 15 is 0 Å². The SMILES string of the molecule is CNC(=O)NC1[C@@H]2CC(OC3O[C@H](C)C(O)[C@H](NC(=N)N)[C@@H]3O)/C=C/C=C/C=C/C=C/C=C/C=C/C=C/[C@H](C)C(O)[C@@H](C)[C@H](C)OC(=O)CC(O)CC(O)CCC(O)C(O)CC(O)CC(O)(C[C@@H]1O)O2. The van der Waals surface area contributed by atoms with E-state index in [0.717, 1.165) is 0 Å². The van der Waals surface area contributed by atoms with Crippen LogP contribution in [0.4, 0.5) is 4.79 Å². The third kappa shape index (κ3) is 20.4. The Hall–Kier alpha value is -4.33. The Bertz CT molecular complexity index is 1830. The fourth-order valence-electron chi connectivity index (χ4n) is 8.38. The van der Waals surface area contributed by atoms with Gasteiger partial charge < -0.3 is 91.7 Å². The molecule has 2 saturated heterocycles. The first-order valence-corrected chi connectivity index (χ1v) is 23.8. The standard InChI is InChI=1S/C49H79N5O16/c1-28-18-16-14-12-10-8-6-7-9-11-13-15-17-19-35(69-46-45(64)42(53-47(50)51)44(63)31(4)68-46)25-39-41(54-48(65)52-5)38(60)27-49(66,70-39)26-34(57)23-37(59)36(58)21-20-32(55)22-33(56)24-40(61)67-30(3)29(2)43(28)62/h6-19,28-39,41-46,55-60,62-64,66H,20-27H2,1-5H3,(H4,50,51,53)(H2,52,54,65)/b7-6+,10-8+,11-9+,14-12+,15-13+,18-16+,19-17+/t28-,29-,30-,31+,32?,33?,34?,35?,36?,37?,38-,39-,41?,42-,43?,44?,45-,46?,49?/m0/s1. The summed E-state index contributed by atoms with van der Waals surface area (Å²) in [6.45, 7) is 6.75. The van der Waals surface area contributed by atoms with Crippen LogP contribution in [-0.4, -0.2) is 180 Å². The zero-order valence-electron chi connectivity index (χ0n) is 40.6. The molecule has 2 fully saturated rings. The Labute approximate surface area is 410 Å². The second-order valence-electron chi connectivity index (χ2n) is 18.5. The van der Waals surface area contributed by atoms with Crippen molar-refractivity contribution in [2.45, 2.75) is 183 Å². The fraction of sp³-hybridized carbons (Fsp3) is 0.653. The summed E-state index contributed by atoms with van der Waals surface area (Å²) in [6.07, 6.45) is 4.19. The third-order valence-corrected chi connectivity index (χ3v) is 12.5. The fourth-order valence-corrected chi connectivity index (χ4v) is 8.38. The molecule has 0 aromatic heterocycles. The minimum absolute atomic E-state index is 0.102. The Kier molecular flexibility index (Phi) is 25.6. The largest absolute Gasteiger partial charge is 0.462 e. The molecule has 70 heavy (non-hydrogen) atoms. The van der Waals surface area contributed by atoms with Gasteiger partial charge in [0.15, 0.2) is 18.0 Å². The normalized spacial score (nSPS) is 42.9. The van der Waals surface area contributed by atoms with Crippen molar-refractivity contribution in [3.05, 3.63) is 85.1 Å². The second-order valence-corrected chi connectivity index (χ2v) is 18.5. The van der Waals surface area contributed by atoms with Crippen LogP contribution in [0.3, 0.4) is 0 Å². The molecule has 0 radical (unpaired) electrons. The number of aliphatic hydroxyl groups excluding tert-OH is 9. The number of hydrogen-bond donors (Lipinski definition) is 15. The van der Waals surface area contributed by atoms with E-state index in [4.69, 9.17) is 30.1 Å². The number of rotatable bonds is 4. The number of urea groups is 1. The maximum Gasteiger partial charge on any atom is 0.314 e. The van der Waals surface area contributed by atoms with Crippen molar-refractivity contribution in [2.75, 3.05) is 7.05 Å². The van der Waals surface area contributed by atoms with Crippen LogP contribution in [0.2, 0.25) is 0 Å². The summed E-state index contributed by atoms with van der Waals surface area (Å²) in [5.41, 5.74) is 5.53. The van der Waals surface area contributed by atoms with Crippen molar-refractivity contribution in [1.29, 1.82) is 5.41 Å². The smallest absolute Gasteiger partial charge is 0.314 e. The average Bonchev–Trinajstić information content (AvgIpc) is 3.28. The van der Waals surface area contributed by atoms with Crippen LogP contribution in [0.1, 0.15) is 79.1 Å². The molecule has 3 aliphatic rings. The Balaban J connectivity index is 1.93. The predicted molar refractivity (Wildman–Crippen MR) is 258 cm³/mol. The monoisotopic (exact) mass is 994 g/mol. The van der Waals surface area contributed by atoms with Crippen LogP contribution >= 0.6 is 0 Å². The van der Waals surface area contributed by atoms with Gasteiger partial charge in [-0.05, 0) is 33.1 Å². The second kappa shape index (κ2) is 29.9. The lowest BCUT2D eigenvalue weighted by molar-refractivity contribution is -0.303. The highest BCUT2D eigenvalue weighted by atomic mass is 16.7.